The topological polar surface area (TPSA) is 155 Å². The van der Waals surface area contributed by atoms with E-state index < -0.39 is 34.1 Å². The fourth-order valence-electron chi connectivity index (χ4n) is 5.31. The summed E-state index contributed by atoms with van der Waals surface area (Å²) in [6.45, 7) is 5.85. The highest BCUT2D eigenvalue weighted by molar-refractivity contribution is 7.89. The summed E-state index contributed by atoms with van der Waals surface area (Å²) < 4.78 is 41.9. The Labute approximate surface area is 276 Å². The molecule has 0 saturated heterocycles. The molecule has 47 heavy (non-hydrogen) atoms. The van der Waals surface area contributed by atoms with Crippen molar-refractivity contribution >= 4 is 33.3 Å². The number of amides is 3. The van der Waals surface area contributed by atoms with E-state index in [1.165, 1.54) is 23.9 Å². The van der Waals surface area contributed by atoms with Crippen molar-refractivity contribution in [3.05, 3.63) is 66.6 Å². The fraction of sp³-hybridized carbons (Fsp3) is 0.485. The number of nitrogens with one attached hydrogen (secondary N) is 2. The van der Waals surface area contributed by atoms with Gasteiger partial charge in [0.25, 0.3) is 15.9 Å². The number of hydrogen-bond donors (Lipinski definition) is 3. The first-order valence-corrected chi connectivity index (χ1v) is 17.2. The molecule has 1 aromatic heterocycles. The van der Waals surface area contributed by atoms with Crippen LogP contribution in [0.5, 0.6) is 5.75 Å². The molecule has 4 rings (SSSR count). The lowest BCUT2D eigenvalue weighted by Crippen LogP contribution is -2.48. The number of anilines is 2. The van der Waals surface area contributed by atoms with Gasteiger partial charge in [0.2, 0.25) is 0 Å². The average molecular weight is 671 g/mol. The first kappa shape index (κ1) is 35.9. The van der Waals surface area contributed by atoms with Crippen molar-refractivity contribution in [2.75, 3.05) is 44.0 Å². The standard InChI is InChI=1S/C33H46N6O7S/c1-23-18-39(24(2)21-40)32(41)28-17-27(36-33(42)35-26-12-7-6-8-13-26)14-15-29(28)46-25(3)11-9-10-16-45-30(23)19-38(5)47(43,44)31-20-37(4)22-34-31/h6-8,12-15,17,20,22-25,30,40H,9-11,16,18-19,21H2,1-5H3,(H2,35,36,42)/t23-,24+,25+,30+/m1/s1. The highest BCUT2D eigenvalue weighted by atomic mass is 32.2. The first-order valence-electron chi connectivity index (χ1n) is 15.8. The van der Waals surface area contributed by atoms with Gasteiger partial charge in [0.05, 0.1) is 36.7 Å². The van der Waals surface area contributed by atoms with E-state index in [-0.39, 0.29) is 42.3 Å². The number of rotatable bonds is 8. The summed E-state index contributed by atoms with van der Waals surface area (Å²) >= 11 is 0. The number of ether oxygens (including phenoxy) is 2. The Bertz CT molecular complexity index is 1600. The molecule has 1 aliphatic heterocycles. The second-order valence-electron chi connectivity index (χ2n) is 12.1. The third kappa shape index (κ3) is 9.53. The maximum absolute atomic E-state index is 14.3. The molecule has 256 valence electrons. The predicted molar refractivity (Wildman–Crippen MR) is 179 cm³/mol. The van der Waals surface area contributed by atoms with Crippen LogP contribution in [0.4, 0.5) is 16.2 Å². The van der Waals surface area contributed by atoms with E-state index in [1.807, 2.05) is 32.0 Å². The van der Waals surface area contributed by atoms with Crippen molar-refractivity contribution in [3.63, 3.8) is 0 Å². The Morgan fingerprint density at radius 2 is 1.85 bits per heavy atom. The van der Waals surface area contributed by atoms with Gasteiger partial charge in [-0.3, -0.25) is 4.79 Å². The number of likely N-dealkylation sites (N-methyl/N-ethyl adjacent to an activating group) is 1. The Hall–Kier alpha value is -3.98. The highest BCUT2D eigenvalue weighted by Crippen LogP contribution is 2.29. The predicted octanol–water partition coefficient (Wildman–Crippen LogP) is 4.18. The van der Waals surface area contributed by atoms with E-state index in [4.69, 9.17) is 9.47 Å². The molecule has 0 radical (unpaired) electrons. The van der Waals surface area contributed by atoms with Crippen LogP contribution in [0, 0.1) is 5.92 Å². The third-order valence-electron chi connectivity index (χ3n) is 8.13. The molecule has 0 bridgehead atoms. The highest BCUT2D eigenvalue weighted by Gasteiger charge is 2.33. The molecule has 0 saturated carbocycles. The van der Waals surface area contributed by atoms with Crippen molar-refractivity contribution < 1.29 is 32.6 Å². The van der Waals surface area contributed by atoms with Crippen LogP contribution < -0.4 is 15.4 Å². The Kier molecular flexibility index (Phi) is 12.4. The van der Waals surface area contributed by atoms with Gasteiger partial charge < -0.3 is 34.7 Å². The SMILES string of the molecule is C[C@@H]1CN([C@@H](C)CO)C(=O)c2cc(NC(=O)Nc3ccccc3)ccc2O[C@@H](C)CCCCO[C@H]1CN(C)S(=O)(=O)c1cn(C)cn1. The van der Waals surface area contributed by atoms with Gasteiger partial charge in [-0.15, -0.1) is 0 Å². The lowest BCUT2D eigenvalue weighted by atomic mass is 10.0. The molecule has 13 nitrogen and oxygen atoms in total. The Morgan fingerprint density at radius 1 is 1.13 bits per heavy atom. The summed E-state index contributed by atoms with van der Waals surface area (Å²) in [6.07, 6.45) is 4.31. The third-order valence-corrected chi connectivity index (χ3v) is 9.84. The molecular formula is C33H46N6O7S. The monoisotopic (exact) mass is 670 g/mol. The molecule has 3 amide bonds. The van der Waals surface area contributed by atoms with Gasteiger partial charge in [-0.1, -0.05) is 25.1 Å². The van der Waals surface area contributed by atoms with Gasteiger partial charge in [0.1, 0.15) is 5.75 Å². The van der Waals surface area contributed by atoms with Crippen LogP contribution in [0.1, 0.15) is 50.4 Å². The summed E-state index contributed by atoms with van der Waals surface area (Å²) in [5, 5.41) is 15.7. The van der Waals surface area contributed by atoms with Gasteiger partial charge in [-0.05, 0) is 63.4 Å². The van der Waals surface area contributed by atoms with Crippen molar-refractivity contribution in [1.82, 2.24) is 18.8 Å². The van der Waals surface area contributed by atoms with Gasteiger partial charge >= 0.3 is 6.03 Å². The minimum atomic E-state index is -3.88. The lowest BCUT2D eigenvalue weighted by molar-refractivity contribution is -0.00835. The van der Waals surface area contributed by atoms with Crippen LogP contribution in [0.2, 0.25) is 0 Å². The largest absolute Gasteiger partial charge is 0.490 e. The van der Waals surface area contributed by atoms with Crippen molar-refractivity contribution in [2.24, 2.45) is 13.0 Å². The molecule has 2 aromatic carbocycles. The number of aliphatic hydroxyl groups is 1. The molecule has 2 heterocycles. The molecule has 0 spiro atoms. The van der Waals surface area contributed by atoms with E-state index in [0.717, 1.165) is 12.8 Å². The number of aromatic nitrogens is 2. The molecule has 0 aliphatic carbocycles. The number of imidazole rings is 1. The minimum Gasteiger partial charge on any atom is -0.490 e. The second kappa shape index (κ2) is 16.2. The summed E-state index contributed by atoms with van der Waals surface area (Å²) in [5.74, 6) is -0.373. The number of aliphatic hydroxyl groups excluding tert-OH is 1. The number of aryl methyl sites for hydroxylation is 1. The number of benzene rings is 2. The van der Waals surface area contributed by atoms with Crippen molar-refractivity contribution in [3.8, 4) is 5.75 Å². The first-order chi connectivity index (χ1) is 22.4. The smallest absolute Gasteiger partial charge is 0.323 e. The van der Waals surface area contributed by atoms with Crippen LogP contribution in [0.15, 0.2) is 66.1 Å². The maximum atomic E-state index is 14.3. The summed E-state index contributed by atoms with van der Waals surface area (Å²) in [7, 11) is -0.696. The zero-order valence-electron chi connectivity index (χ0n) is 27.6. The molecule has 1 aliphatic rings. The van der Waals surface area contributed by atoms with E-state index in [0.29, 0.717) is 30.2 Å². The zero-order chi connectivity index (χ0) is 34.1. The lowest BCUT2D eigenvalue weighted by Gasteiger charge is -2.35. The van der Waals surface area contributed by atoms with Crippen molar-refractivity contribution in [2.45, 2.75) is 63.3 Å². The number of urea groups is 1. The quantitative estimate of drug-likeness (QED) is 0.323. The van der Waals surface area contributed by atoms with E-state index in [2.05, 4.69) is 15.6 Å². The van der Waals surface area contributed by atoms with E-state index >= 15 is 0 Å². The zero-order valence-corrected chi connectivity index (χ0v) is 28.4. The van der Waals surface area contributed by atoms with Crippen LogP contribution in [-0.2, 0) is 21.8 Å². The van der Waals surface area contributed by atoms with Crippen LogP contribution in [0.25, 0.3) is 0 Å². The molecule has 3 N–H and O–H groups in total. The Morgan fingerprint density at radius 3 is 2.53 bits per heavy atom. The fourth-order valence-corrected chi connectivity index (χ4v) is 6.45. The van der Waals surface area contributed by atoms with E-state index in [9.17, 15) is 23.1 Å². The second-order valence-corrected chi connectivity index (χ2v) is 14.1. The number of carbonyl (C=O) groups is 2. The normalized spacial score (nSPS) is 20.5. The van der Waals surface area contributed by atoms with Gasteiger partial charge in [-0.25, -0.2) is 18.2 Å². The van der Waals surface area contributed by atoms with Crippen LogP contribution in [-0.4, -0.2) is 95.8 Å². The van der Waals surface area contributed by atoms with Gasteiger partial charge in [0.15, 0.2) is 5.03 Å². The summed E-state index contributed by atoms with van der Waals surface area (Å²) in [5.41, 5.74) is 1.23. The number of nitrogens with zero attached hydrogens (tertiary/aromatic N) is 4. The maximum Gasteiger partial charge on any atom is 0.323 e. The number of para-hydroxylation sites is 1. The molecule has 4 atom stereocenters. The summed E-state index contributed by atoms with van der Waals surface area (Å²) in [6, 6.07) is 12.9. The van der Waals surface area contributed by atoms with Crippen molar-refractivity contribution in [1.29, 1.82) is 0 Å². The molecule has 0 unspecified atom stereocenters. The number of sulfonamides is 1. The Balaban J connectivity index is 1.62. The van der Waals surface area contributed by atoms with Crippen LogP contribution in [0.3, 0.4) is 0 Å². The molecule has 14 heteroatoms. The van der Waals surface area contributed by atoms with E-state index in [1.54, 1.807) is 53.8 Å². The van der Waals surface area contributed by atoms with Gasteiger partial charge in [0, 0.05) is 57.3 Å². The number of fused-ring (bicyclic) bond motifs is 1. The van der Waals surface area contributed by atoms with Crippen LogP contribution >= 0.6 is 0 Å². The molecular weight excluding hydrogens is 624 g/mol. The number of carbonyl (C=O) groups excluding carboxylic acids is 2. The number of hydrogen-bond acceptors (Lipinski definition) is 8. The molecule has 0 fully saturated rings. The summed E-state index contributed by atoms with van der Waals surface area (Å²) in [4.78, 5) is 32.6. The van der Waals surface area contributed by atoms with Gasteiger partial charge in [-0.2, -0.15) is 4.31 Å². The average Bonchev–Trinajstić information content (AvgIpc) is 3.49. The minimum absolute atomic E-state index is 0.0380. The molecule has 3 aromatic rings.